The maximum atomic E-state index is 11.8. The number of hydrogen-bond donors (Lipinski definition) is 3. The number of benzene rings is 1. The van der Waals surface area contributed by atoms with Crippen molar-refractivity contribution in [2.75, 3.05) is 12.0 Å². The van der Waals surface area contributed by atoms with E-state index in [1.54, 1.807) is 0 Å². The minimum atomic E-state index is -3.31. The fraction of sp³-hybridized carbons (Fsp3) is 0.333. The molecule has 0 heterocycles. The first-order chi connectivity index (χ1) is 9.19. The third-order valence-electron chi connectivity index (χ3n) is 2.51. The number of aromatic hydroxyl groups is 1. The van der Waals surface area contributed by atoms with Crippen LogP contribution in [0.2, 0.25) is 0 Å². The molecule has 1 atom stereocenters. The number of phenols is 1. The van der Waals surface area contributed by atoms with Crippen molar-refractivity contribution in [1.82, 2.24) is 5.32 Å². The topological polar surface area (TPSA) is 121 Å². The average molecular weight is 301 g/mol. The Balaban J connectivity index is 2.73. The van der Waals surface area contributed by atoms with Crippen molar-refractivity contribution in [2.24, 2.45) is 0 Å². The first-order valence-corrected chi connectivity index (χ1v) is 7.75. The number of phenolic OH excluding ortho intramolecular Hbond substituents is 1. The predicted molar refractivity (Wildman–Crippen MR) is 71.3 cm³/mol. The number of carboxylic acids is 1. The quantitative estimate of drug-likeness (QED) is 0.680. The predicted octanol–water partition coefficient (Wildman–Crippen LogP) is 0.00990. The molecule has 0 aliphatic heterocycles. The Bertz CT molecular complexity index is 593. The van der Waals surface area contributed by atoms with Crippen molar-refractivity contribution in [2.45, 2.75) is 12.5 Å². The lowest BCUT2D eigenvalue weighted by Crippen LogP contribution is -2.41. The molecular weight excluding hydrogens is 286 g/mol. The summed E-state index contributed by atoms with van der Waals surface area (Å²) in [6, 6.07) is 3.97. The van der Waals surface area contributed by atoms with E-state index in [1.807, 2.05) is 0 Å². The minimum absolute atomic E-state index is 0.0200. The van der Waals surface area contributed by atoms with Gasteiger partial charge in [0.1, 0.15) is 21.6 Å². The van der Waals surface area contributed by atoms with E-state index in [2.05, 4.69) is 5.32 Å². The van der Waals surface area contributed by atoms with Crippen LogP contribution in [0.1, 0.15) is 16.8 Å². The molecule has 1 amide bonds. The molecule has 0 aliphatic rings. The van der Waals surface area contributed by atoms with Crippen LogP contribution in [0.5, 0.6) is 5.75 Å². The lowest BCUT2D eigenvalue weighted by Gasteiger charge is -2.14. The Labute approximate surface area is 116 Å². The van der Waals surface area contributed by atoms with Gasteiger partial charge in [0, 0.05) is 11.8 Å². The van der Waals surface area contributed by atoms with Gasteiger partial charge in [-0.25, -0.2) is 13.2 Å². The number of amides is 1. The van der Waals surface area contributed by atoms with Crippen LogP contribution in [0.25, 0.3) is 0 Å². The molecular formula is C12H15NO6S. The summed E-state index contributed by atoms with van der Waals surface area (Å²) in [4.78, 5) is 22.8. The summed E-state index contributed by atoms with van der Waals surface area (Å²) in [5.41, 5.74) is 0.174. The van der Waals surface area contributed by atoms with Gasteiger partial charge >= 0.3 is 5.97 Å². The first-order valence-electron chi connectivity index (χ1n) is 5.69. The summed E-state index contributed by atoms with van der Waals surface area (Å²) in [6.45, 7) is 0. The lowest BCUT2D eigenvalue weighted by molar-refractivity contribution is -0.139. The van der Waals surface area contributed by atoms with E-state index in [-0.39, 0.29) is 23.5 Å². The molecule has 8 heteroatoms. The molecule has 0 radical (unpaired) electrons. The molecule has 110 valence electrons. The van der Waals surface area contributed by atoms with Crippen molar-refractivity contribution >= 4 is 21.7 Å². The molecule has 1 aromatic carbocycles. The Hall–Kier alpha value is -2.09. The highest BCUT2D eigenvalue weighted by molar-refractivity contribution is 7.90. The standard InChI is InChI=1S/C12H15NO6S/c1-20(18,19)7-6-10(12(16)17)13-11(15)8-2-4-9(14)5-3-8/h2-5,10,14H,6-7H2,1H3,(H,13,15)(H,16,17). The molecule has 1 rings (SSSR count). The number of carbonyl (C=O) groups is 2. The van der Waals surface area contributed by atoms with Crippen molar-refractivity contribution in [3.8, 4) is 5.75 Å². The monoisotopic (exact) mass is 301 g/mol. The molecule has 1 aromatic rings. The highest BCUT2D eigenvalue weighted by Crippen LogP contribution is 2.10. The smallest absolute Gasteiger partial charge is 0.326 e. The second kappa shape index (κ2) is 6.38. The van der Waals surface area contributed by atoms with Gasteiger partial charge in [-0.05, 0) is 30.7 Å². The van der Waals surface area contributed by atoms with E-state index >= 15 is 0 Å². The van der Waals surface area contributed by atoms with Crippen LogP contribution in [-0.4, -0.2) is 48.6 Å². The van der Waals surface area contributed by atoms with Gasteiger partial charge in [0.05, 0.1) is 5.75 Å². The normalized spacial score (nSPS) is 12.7. The fourth-order valence-corrected chi connectivity index (χ4v) is 2.11. The first kappa shape index (κ1) is 16.0. The minimum Gasteiger partial charge on any atom is -0.508 e. The molecule has 0 spiro atoms. The highest BCUT2D eigenvalue weighted by Gasteiger charge is 2.22. The Morgan fingerprint density at radius 2 is 1.80 bits per heavy atom. The van der Waals surface area contributed by atoms with E-state index in [9.17, 15) is 18.0 Å². The molecule has 0 bridgehead atoms. The van der Waals surface area contributed by atoms with Crippen molar-refractivity contribution in [3.63, 3.8) is 0 Å². The molecule has 0 aliphatic carbocycles. The molecule has 1 unspecified atom stereocenters. The van der Waals surface area contributed by atoms with Crippen LogP contribution < -0.4 is 5.32 Å². The summed E-state index contributed by atoms with van der Waals surface area (Å²) in [5.74, 6) is -2.31. The summed E-state index contributed by atoms with van der Waals surface area (Å²) in [7, 11) is -3.31. The van der Waals surface area contributed by atoms with E-state index in [4.69, 9.17) is 10.2 Å². The van der Waals surface area contributed by atoms with Gasteiger partial charge in [-0.1, -0.05) is 0 Å². The van der Waals surface area contributed by atoms with Crippen LogP contribution in [-0.2, 0) is 14.6 Å². The number of carbonyl (C=O) groups excluding carboxylic acids is 1. The molecule has 3 N–H and O–H groups in total. The van der Waals surface area contributed by atoms with E-state index in [0.29, 0.717) is 0 Å². The van der Waals surface area contributed by atoms with Gasteiger partial charge in [-0.3, -0.25) is 4.79 Å². The number of aliphatic carboxylic acids is 1. The number of nitrogens with one attached hydrogen (secondary N) is 1. The Morgan fingerprint density at radius 1 is 1.25 bits per heavy atom. The number of rotatable bonds is 6. The molecule has 0 fully saturated rings. The summed E-state index contributed by atoms with van der Waals surface area (Å²) in [5, 5.41) is 20.3. The van der Waals surface area contributed by atoms with Crippen molar-refractivity contribution in [3.05, 3.63) is 29.8 Å². The molecule has 0 saturated heterocycles. The molecule has 7 nitrogen and oxygen atoms in total. The number of carboxylic acid groups (broad SMARTS) is 1. The van der Waals surface area contributed by atoms with Gasteiger partial charge in [0.15, 0.2) is 0 Å². The van der Waals surface area contributed by atoms with Gasteiger partial charge < -0.3 is 15.5 Å². The summed E-state index contributed by atoms with van der Waals surface area (Å²) < 4.78 is 22.0. The van der Waals surface area contributed by atoms with E-state index in [1.165, 1.54) is 24.3 Å². The highest BCUT2D eigenvalue weighted by atomic mass is 32.2. The fourth-order valence-electron chi connectivity index (χ4n) is 1.44. The molecule has 0 aromatic heterocycles. The zero-order chi connectivity index (χ0) is 15.3. The van der Waals surface area contributed by atoms with Crippen LogP contribution >= 0.6 is 0 Å². The average Bonchev–Trinajstić information content (AvgIpc) is 2.33. The van der Waals surface area contributed by atoms with Gasteiger partial charge in [0.2, 0.25) is 0 Å². The van der Waals surface area contributed by atoms with Crippen LogP contribution in [0.15, 0.2) is 24.3 Å². The maximum absolute atomic E-state index is 11.8. The SMILES string of the molecule is CS(=O)(=O)CCC(NC(=O)c1ccc(O)cc1)C(=O)O. The third-order valence-corrected chi connectivity index (χ3v) is 3.49. The summed E-state index contributed by atoms with van der Waals surface area (Å²) in [6.07, 6.45) is 0.783. The third kappa shape index (κ3) is 5.27. The van der Waals surface area contributed by atoms with Crippen molar-refractivity contribution in [1.29, 1.82) is 0 Å². The molecule has 0 saturated carbocycles. The van der Waals surface area contributed by atoms with Crippen LogP contribution in [0, 0.1) is 0 Å². The summed E-state index contributed by atoms with van der Waals surface area (Å²) >= 11 is 0. The largest absolute Gasteiger partial charge is 0.508 e. The van der Waals surface area contributed by atoms with Crippen LogP contribution in [0.3, 0.4) is 0 Å². The zero-order valence-electron chi connectivity index (χ0n) is 10.7. The Morgan fingerprint density at radius 3 is 2.25 bits per heavy atom. The zero-order valence-corrected chi connectivity index (χ0v) is 11.6. The van der Waals surface area contributed by atoms with Crippen molar-refractivity contribution < 1.29 is 28.2 Å². The second-order valence-corrected chi connectivity index (χ2v) is 6.59. The second-order valence-electron chi connectivity index (χ2n) is 4.33. The van der Waals surface area contributed by atoms with E-state index in [0.717, 1.165) is 6.26 Å². The van der Waals surface area contributed by atoms with Gasteiger partial charge in [-0.15, -0.1) is 0 Å². The number of sulfone groups is 1. The lowest BCUT2D eigenvalue weighted by atomic mass is 10.1. The van der Waals surface area contributed by atoms with Gasteiger partial charge in [-0.2, -0.15) is 0 Å². The van der Waals surface area contributed by atoms with E-state index < -0.39 is 27.8 Å². The van der Waals surface area contributed by atoms with Crippen LogP contribution in [0.4, 0.5) is 0 Å². The Kier molecular flexibility index (Phi) is 5.09. The maximum Gasteiger partial charge on any atom is 0.326 e. The number of hydrogen-bond acceptors (Lipinski definition) is 5. The van der Waals surface area contributed by atoms with Gasteiger partial charge in [0.25, 0.3) is 5.91 Å². The molecule has 20 heavy (non-hydrogen) atoms.